The molecule has 2 rings (SSSR count). The first-order valence-corrected chi connectivity index (χ1v) is 7.08. The minimum absolute atomic E-state index is 0.178. The van der Waals surface area contributed by atoms with E-state index in [4.69, 9.17) is 4.98 Å². The summed E-state index contributed by atoms with van der Waals surface area (Å²) in [5, 5.41) is 5.01. The zero-order valence-corrected chi connectivity index (χ0v) is 11.6. The summed E-state index contributed by atoms with van der Waals surface area (Å²) in [6.07, 6.45) is 3.81. The molecule has 0 bridgehead atoms. The van der Waals surface area contributed by atoms with Crippen LogP contribution < -0.4 is 5.32 Å². The van der Waals surface area contributed by atoms with Crippen LogP contribution >= 0.6 is 11.3 Å². The molecule has 16 heavy (non-hydrogen) atoms. The fourth-order valence-electron chi connectivity index (χ4n) is 2.74. The van der Waals surface area contributed by atoms with Gasteiger partial charge in [0.25, 0.3) is 0 Å². The molecular formula is C13H22N2S. The van der Waals surface area contributed by atoms with Crippen molar-refractivity contribution in [3.63, 3.8) is 0 Å². The highest BCUT2D eigenvalue weighted by molar-refractivity contribution is 7.11. The van der Waals surface area contributed by atoms with Crippen molar-refractivity contribution in [2.75, 3.05) is 6.54 Å². The van der Waals surface area contributed by atoms with E-state index in [1.165, 1.54) is 34.8 Å². The fourth-order valence-corrected chi connectivity index (χ4v) is 3.86. The largest absolute Gasteiger partial charge is 0.306 e. The van der Waals surface area contributed by atoms with Crippen LogP contribution in [0.1, 0.15) is 48.7 Å². The van der Waals surface area contributed by atoms with Gasteiger partial charge in [-0.25, -0.2) is 4.98 Å². The molecule has 2 unspecified atom stereocenters. The Morgan fingerprint density at radius 1 is 1.50 bits per heavy atom. The van der Waals surface area contributed by atoms with Crippen LogP contribution in [0.2, 0.25) is 0 Å². The van der Waals surface area contributed by atoms with Crippen LogP contribution in [0.15, 0.2) is 0 Å². The number of thiazole rings is 1. The average Bonchev–Trinajstić information content (AvgIpc) is 2.74. The highest BCUT2D eigenvalue weighted by Crippen LogP contribution is 2.43. The quantitative estimate of drug-likeness (QED) is 0.873. The molecule has 1 aromatic heterocycles. The lowest BCUT2D eigenvalue weighted by Crippen LogP contribution is -2.40. The van der Waals surface area contributed by atoms with E-state index in [0.717, 1.165) is 12.5 Å². The van der Waals surface area contributed by atoms with Gasteiger partial charge in [-0.1, -0.05) is 13.8 Å². The molecule has 1 heterocycles. The van der Waals surface area contributed by atoms with Crippen molar-refractivity contribution in [2.45, 2.75) is 52.5 Å². The summed E-state index contributed by atoms with van der Waals surface area (Å²) in [6, 6.07) is 0. The molecule has 1 aromatic rings. The Labute approximate surface area is 102 Å². The second kappa shape index (κ2) is 4.46. The second-order valence-corrected chi connectivity index (χ2v) is 6.32. The molecule has 0 radical (unpaired) electrons. The van der Waals surface area contributed by atoms with Crippen LogP contribution in [-0.2, 0) is 5.54 Å². The van der Waals surface area contributed by atoms with E-state index in [1.807, 2.05) is 11.3 Å². The molecule has 0 amide bonds. The monoisotopic (exact) mass is 238 g/mol. The molecule has 3 heteroatoms. The van der Waals surface area contributed by atoms with Crippen molar-refractivity contribution in [1.82, 2.24) is 10.3 Å². The van der Waals surface area contributed by atoms with Gasteiger partial charge in [-0.05, 0) is 45.6 Å². The SMILES string of the molecule is CCNC1(c2nc(C)c(C)s2)CCC(C)C1. The van der Waals surface area contributed by atoms with Crippen molar-refractivity contribution >= 4 is 11.3 Å². The van der Waals surface area contributed by atoms with Crippen molar-refractivity contribution < 1.29 is 0 Å². The number of nitrogens with zero attached hydrogens (tertiary/aromatic N) is 1. The summed E-state index contributed by atoms with van der Waals surface area (Å²) in [4.78, 5) is 6.14. The predicted molar refractivity (Wildman–Crippen MR) is 70.0 cm³/mol. The highest BCUT2D eigenvalue weighted by atomic mass is 32.1. The number of aromatic nitrogens is 1. The molecule has 2 atom stereocenters. The van der Waals surface area contributed by atoms with E-state index in [2.05, 4.69) is 33.0 Å². The van der Waals surface area contributed by atoms with Gasteiger partial charge in [-0.3, -0.25) is 0 Å². The Hall–Kier alpha value is -0.410. The number of rotatable bonds is 3. The van der Waals surface area contributed by atoms with Crippen LogP contribution in [0.5, 0.6) is 0 Å². The molecule has 1 fully saturated rings. The highest BCUT2D eigenvalue weighted by Gasteiger charge is 2.40. The van der Waals surface area contributed by atoms with Crippen molar-refractivity contribution in [3.05, 3.63) is 15.6 Å². The normalized spacial score (nSPS) is 29.9. The molecular weight excluding hydrogens is 216 g/mol. The molecule has 0 aliphatic heterocycles. The first-order valence-electron chi connectivity index (χ1n) is 6.27. The van der Waals surface area contributed by atoms with Gasteiger partial charge in [-0.15, -0.1) is 11.3 Å². The zero-order valence-electron chi connectivity index (χ0n) is 10.8. The molecule has 1 saturated carbocycles. The molecule has 1 aliphatic rings. The van der Waals surface area contributed by atoms with E-state index < -0.39 is 0 Å². The van der Waals surface area contributed by atoms with E-state index in [0.29, 0.717) is 0 Å². The van der Waals surface area contributed by atoms with E-state index in [9.17, 15) is 0 Å². The van der Waals surface area contributed by atoms with Crippen molar-refractivity contribution in [3.8, 4) is 0 Å². The zero-order chi connectivity index (χ0) is 11.8. The molecule has 0 spiro atoms. The van der Waals surface area contributed by atoms with Crippen LogP contribution in [0.4, 0.5) is 0 Å². The summed E-state index contributed by atoms with van der Waals surface area (Å²) in [5.74, 6) is 0.823. The van der Waals surface area contributed by atoms with Crippen LogP contribution in [0.25, 0.3) is 0 Å². The lowest BCUT2D eigenvalue weighted by molar-refractivity contribution is 0.337. The van der Waals surface area contributed by atoms with Crippen molar-refractivity contribution in [2.24, 2.45) is 5.92 Å². The van der Waals surface area contributed by atoms with Gasteiger partial charge in [0.2, 0.25) is 0 Å². The maximum atomic E-state index is 4.77. The summed E-state index contributed by atoms with van der Waals surface area (Å²) >= 11 is 1.88. The van der Waals surface area contributed by atoms with Gasteiger partial charge < -0.3 is 5.32 Å². The molecule has 0 aromatic carbocycles. The lowest BCUT2D eigenvalue weighted by atomic mass is 9.97. The van der Waals surface area contributed by atoms with Gasteiger partial charge in [0, 0.05) is 4.88 Å². The third-order valence-corrected chi connectivity index (χ3v) is 4.99. The van der Waals surface area contributed by atoms with Gasteiger partial charge in [0.1, 0.15) is 5.01 Å². The van der Waals surface area contributed by atoms with Gasteiger partial charge >= 0.3 is 0 Å². The lowest BCUT2D eigenvalue weighted by Gasteiger charge is -2.28. The maximum absolute atomic E-state index is 4.77. The Bertz CT molecular complexity index is 349. The van der Waals surface area contributed by atoms with E-state index >= 15 is 0 Å². The molecule has 2 nitrogen and oxygen atoms in total. The number of hydrogen-bond acceptors (Lipinski definition) is 3. The molecule has 1 aliphatic carbocycles. The third kappa shape index (κ3) is 2.03. The van der Waals surface area contributed by atoms with Crippen LogP contribution in [0, 0.1) is 19.8 Å². The molecule has 90 valence electrons. The second-order valence-electron chi connectivity index (χ2n) is 5.12. The minimum atomic E-state index is 0.178. The maximum Gasteiger partial charge on any atom is 0.113 e. The topological polar surface area (TPSA) is 24.9 Å². The smallest absolute Gasteiger partial charge is 0.113 e. The Morgan fingerprint density at radius 2 is 2.25 bits per heavy atom. The molecule has 0 saturated heterocycles. The van der Waals surface area contributed by atoms with Gasteiger partial charge in [0.15, 0.2) is 0 Å². The first kappa shape index (κ1) is 12.1. The van der Waals surface area contributed by atoms with E-state index in [1.54, 1.807) is 0 Å². The summed E-state index contributed by atoms with van der Waals surface area (Å²) in [7, 11) is 0. The predicted octanol–water partition coefficient (Wildman–Crippen LogP) is 3.38. The summed E-state index contributed by atoms with van der Waals surface area (Å²) in [6.45, 7) is 9.87. The Morgan fingerprint density at radius 3 is 2.69 bits per heavy atom. The van der Waals surface area contributed by atoms with Crippen LogP contribution in [-0.4, -0.2) is 11.5 Å². The number of aryl methyl sites for hydroxylation is 2. The van der Waals surface area contributed by atoms with Gasteiger partial charge in [0.05, 0.1) is 11.2 Å². The Kier molecular flexibility index (Phi) is 3.36. The van der Waals surface area contributed by atoms with Gasteiger partial charge in [-0.2, -0.15) is 0 Å². The molecule has 1 N–H and O–H groups in total. The van der Waals surface area contributed by atoms with Crippen molar-refractivity contribution in [1.29, 1.82) is 0 Å². The number of hydrogen-bond donors (Lipinski definition) is 1. The standard InChI is InChI=1S/C13H22N2S/c1-5-14-13(7-6-9(2)8-13)12-15-10(3)11(4)16-12/h9,14H,5-8H2,1-4H3. The van der Waals surface area contributed by atoms with Crippen LogP contribution in [0.3, 0.4) is 0 Å². The summed E-state index contributed by atoms with van der Waals surface area (Å²) < 4.78 is 0. The fraction of sp³-hybridized carbons (Fsp3) is 0.769. The number of nitrogens with one attached hydrogen (secondary N) is 1. The summed E-state index contributed by atoms with van der Waals surface area (Å²) in [5.41, 5.74) is 1.38. The average molecular weight is 238 g/mol. The Balaban J connectivity index is 2.32. The first-order chi connectivity index (χ1) is 7.57. The third-order valence-electron chi connectivity index (χ3n) is 3.71. The minimum Gasteiger partial charge on any atom is -0.306 e. The van der Waals surface area contributed by atoms with E-state index in [-0.39, 0.29) is 5.54 Å².